The number of aromatic nitrogens is 1. The number of carboxylic acids is 1. The SMILES string of the molecule is CCC(Oc1ccc(SCc2cc(-c3ccc(C(F)(F)F)cc3)oc2CSc2ccc3ccccc3n2)cc1C)C(=O)O. The van der Waals surface area contributed by atoms with Gasteiger partial charge in [-0.2, -0.15) is 13.2 Å². The number of halogens is 3. The number of aliphatic carboxylic acids is 1. The van der Waals surface area contributed by atoms with E-state index in [1.54, 1.807) is 24.8 Å². The molecule has 43 heavy (non-hydrogen) atoms. The van der Waals surface area contributed by atoms with Crippen molar-refractivity contribution in [2.45, 2.75) is 54.0 Å². The highest BCUT2D eigenvalue weighted by molar-refractivity contribution is 7.98. The molecule has 0 fully saturated rings. The van der Waals surface area contributed by atoms with E-state index in [0.29, 0.717) is 40.8 Å². The molecule has 5 aromatic rings. The summed E-state index contributed by atoms with van der Waals surface area (Å²) in [5.74, 6) is 1.76. The summed E-state index contributed by atoms with van der Waals surface area (Å²) in [5.41, 5.74) is 2.47. The monoisotopic (exact) mass is 623 g/mol. The van der Waals surface area contributed by atoms with E-state index >= 15 is 0 Å². The standard InChI is InChI=1S/C33H28F3NO4S2/c1-3-27(32(38)39)40-28-14-13-25(16-20(28)2)42-18-23-17-29(22-8-11-24(12-9-22)33(34,35)36)41-30(23)19-43-31-15-10-21-6-4-5-7-26(21)37-31/h4-17,27H,3,18-19H2,1-2H3,(H,38,39). The number of pyridine rings is 1. The van der Waals surface area contributed by atoms with Gasteiger partial charge in [0.1, 0.15) is 17.3 Å². The maximum Gasteiger partial charge on any atom is 0.416 e. The highest BCUT2D eigenvalue weighted by atomic mass is 32.2. The number of aryl methyl sites for hydroxylation is 1. The minimum atomic E-state index is -4.41. The molecule has 2 aromatic heterocycles. The van der Waals surface area contributed by atoms with Gasteiger partial charge in [-0.1, -0.05) is 55.1 Å². The normalized spacial score (nSPS) is 12.4. The zero-order valence-electron chi connectivity index (χ0n) is 23.4. The van der Waals surface area contributed by atoms with E-state index in [9.17, 15) is 23.1 Å². The Morgan fingerprint density at radius 1 is 0.977 bits per heavy atom. The van der Waals surface area contributed by atoms with E-state index in [1.165, 1.54) is 23.9 Å². The quantitative estimate of drug-likeness (QED) is 0.147. The molecule has 0 aliphatic rings. The van der Waals surface area contributed by atoms with Gasteiger partial charge in [-0.3, -0.25) is 0 Å². The number of furan rings is 1. The molecular formula is C33H28F3NO4S2. The van der Waals surface area contributed by atoms with Crippen LogP contribution in [0.5, 0.6) is 5.75 Å². The van der Waals surface area contributed by atoms with Gasteiger partial charge in [0.05, 0.1) is 21.9 Å². The number of thioether (sulfide) groups is 2. The van der Waals surface area contributed by atoms with Crippen LogP contribution in [-0.2, 0) is 22.5 Å². The molecule has 0 aliphatic heterocycles. The van der Waals surface area contributed by atoms with Crippen molar-refractivity contribution in [3.8, 4) is 17.1 Å². The maximum atomic E-state index is 13.1. The molecule has 0 aliphatic carbocycles. The number of hydrogen-bond acceptors (Lipinski definition) is 6. The number of hydrogen-bond donors (Lipinski definition) is 1. The van der Waals surface area contributed by atoms with Gasteiger partial charge < -0.3 is 14.3 Å². The number of carbonyl (C=O) groups is 1. The molecule has 0 spiro atoms. The van der Waals surface area contributed by atoms with Crippen molar-refractivity contribution in [3.05, 3.63) is 107 Å². The number of ether oxygens (including phenoxy) is 1. The summed E-state index contributed by atoms with van der Waals surface area (Å²) in [6.45, 7) is 3.63. The fourth-order valence-electron chi connectivity index (χ4n) is 4.41. The van der Waals surface area contributed by atoms with Crippen molar-refractivity contribution in [1.82, 2.24) is 4.98 Å². The molecule has 10 heteroatoms. The Morgan fingerprint density at radius 2 is 1.74 bits per heavy atom. The van der Waals surface area contributed by atoms with Gasteiger partial charge in [0, 0.05) is 27.2 Å². The van der Waals surface area contributed by atoms with E-state index in [2.05, 4.69) is 0 Å². The average molecular weight is 624 g/mol. The fourth-order valence-corrected chi connectivity index (χ4v) is 6.25. The number of fused-ring (bicyclic) bond motifs is 1. The Kier molecular flexibility index (Phi) is 9.37. The van der Waals surface area contributed by atoms with Crippen molar-refractivity contribution >= 4 is 40.4 Å². The van der Waals surface area contributed by atoms with E-state index < -0.39 is 23.8 Å². The molecule has 1 N–H and O–H groups in total. The molecule has 0 bridgehead atoms. The molecule has 222 valence electrons. The van der Waals surface area contributed by atoms with Gasteiger partial charge in [0.2, 0.25) is 0 Å². The van der Waals surface area contributed by atoms with Gasteiger partial charge in [0.25, 0.3) is 0 Å². The van der Waals surface area contributed by atoms with E-state index in [0.717, 1.165) is 44.1 Å². The number of alkyl halides is 3. The Bertz CT molecular complexity index is 1740. The van der Waals surface area contributed by atoms with Crippen LogP contribution >= 0.6 is 23.5 Å². The number of para-hydroxylation sites is 1. The van der Waals surface area contributed by atoms with Crippen LogP contribution in [0.2, 0.25) is 0 Å². The van der Waals surface area contributed by atoms with Gasteiger partial charge in [-0.15, -0.1) is 11.8 Å². The predicted molar refractivity (Wildman–Crippen MR) is 164 cm³/mol. The van der Waals surface area contributed by atoms with Crippen LogP contribution in [0.25, 0.3) is 22.2 Å². The third-order valence-corrected chi connectivity index (χ3v) is 8.75. The summed E-state index contributed by atoms with van der Waals surface area (Å²) < 4.78 is 51.2. The second kappa shape index (κ2) is 13.2. The Balaban J connectivity index is 1.37. The topological polar surface area (TPSA) is 72.6 Å². The van der Waals surface area contributed by atoms with Crippen LogP contribution < -0.4 is 4.74 Å². The van der Waals surface area contributed by atoms with Gasteiger partial charge in [0.15, 0.2) is 6.10 Å². The first-order valence-corrected chi connectivity index (χ1v) is 15.5. The number of benzene rings is 3. The molecule has 5 nitrogen and oxygen atoms in total. The number of rotatable bonds is 11. The first kappa shape index (κ1) is 30.6. The molecule has 3 aromatic carbocycles. The molecule has 0 radical (unpaired) electrons. The molecule has 0 saturated carbocycles. The minimum absolute atomic E-state index is 0.350. The third-order valence-electron chi connectivity index (χ3n) is 6.77. The summed E-state index contributed by atoms with van der Waals surface area (Å²) >= 11 is 3.10. The van der Waals surface area contributed by atoms with E-state index in [1.807, 2.05) is 61.5 Å². The van der Waals surface area contributed by atoms with Gasteiger partial charge in [-0.25, -0.2) is 9.78 Å². The Labute approximate surface area is 255 Å². The van der Waals surface area contributed by atoms with E-state index in [-0.39, 0.29) is 0 Å². The summed E-state index contributed by atoms with van der Waals surface area (Å²) in [4.78, 5) is 17.1. The predicted octanol–water partition coefficient (Wildman–Crippen LogP) is 9.65. The fraction of sp³-hybridized carbons (Fsp3) is 0.212. The smallest absolute Gasteiger partial charge is 0.416 e. The van der Waals surface area contributed by atoms with Crippen molar-refractivity contribution in [2.75, 3.05) is 0 Å². The lowest BCUT2D eigenvalue weighted by molar-refractivity contribution is -0.145. The average Bonchev–Trinajstić information content (AvgIpc) is 3.41. The summed E-state index contributed by atoms with van der Waals surface area (Å²) in [5, 5.41) is 11.2. The van der Waals surface area contributed by atoms with Crippen LogP contribution in [0.4, 0.5) is 13.2 Å². The number of nitrogens with zero attached hydrogens (tertiary/aromatic N) is 1. The van der Waals surface area contributed by atoms with Crippen molar-refractivity contribution in [2.24, 2.45) is 0 Å². The second-order valence-electron chi connectivity index (χ2n) is 9.83. The van der Waals surface area contributed by atoms with Crippen LogP contribution in [0.3, 0.4) is 0 Å². The lowest BCUT2D eigenvalue weighted by Gasteiger charge is -2.15. The lowest BCUT2D eigenvalue weighted by atomic mass is 10.1. The zero-order valence-corrected chi connectivity index (χ0v) is 25.0. The Hall–Kier alpha value is -3.89. The first-order chi connectivity index (χ1) is 20.6. The van der Waals surface area contributed by atoms with Gasteiger partial charge in [-0.05, 0) is 67.4 Å². The molecule has 0 amide bonds. The van der Waals surface area contributed by atoms with Crippen LogP contribution in [0, 0.1) is 6.92 Å². The minimum Gasteiger partial charge on any atom is -0.479 e. The van der Waals surface area contributed by atoms with Crippen LogP contribution in [0.1, 0.15) is 35.8 Å². The zero-order chi connectivity index (χ0) is 30.6. The molecule has 5 rings (SSSR count). The highest BCUT2D eigenvalue weighted by Gasteiger charge is 2.30. The molecular weight excluding hydrogens is 595 g/mol. The Morgan fingerprint density at radius 3 is 2.44 bits per heavy atom. The lowest BCUT2D eigenvalue weighted by Crippen LogP contribution is -2.26. The summed E-state index contributed by atoms with van der Waals surface area (Å²) in [7, 11) is 0. The summed E-state index contributed by atoms with van der Waals surface area (Å²) in [6.07, 6.45) is -4.98. The largest absolute Gasteiger partial charge is 0.479 e. The van der Waals surface area contributed by atoms with Crippen molar-refractivity contribution < 1.29 is 32.2 Å². The third kappa shape index (κ3) is 7.55. The van der Waals surface area contributed by atoms with Crippen LogP contribution in [0.15, 0.2) is 99.3 Å². The second-order valence-corrected chi connectivity index (χ2v) is 11.9. The number of carboxylic acid groups (broad SMARTS) is 1. The summed E-state index contributed by atoms with van der Waals surface area (Å²) in [6, 6.07) is 24.3. The van der Waals surface area contributed by atoms with Gasteiger partial charge >= 0.3 is 12.1 Å². The molecule has 2 heterocycles. The highest BCUT2D eigenvalue weighted by Crippen LogP contribution is 2.37. The molecule has 1 unspecified atom stereocenters. The van der Waals surface area contributed by atoms with Crippen molar-refractivity contribution in [1.29, 1.82) is 0 Å². The molecule has 1 atom stereocenters. The van der Waals surface area contributed by atoms with Crippen LogP contribution in [-0.4, -0.2) is 22.2 Å². The first-order valence-electron chi connectivity index (χ1n) is 13.5. The maximum absolute atomic E-state index is 13.1. The van der Waals surface area contributed by atoms with E-state index in [4.69, 9.17) is 14.1 Å². The molecule has 0 saturated heterocycles. The van der Waals surface area contributed by atoms with Crippen molar-refractivity contribution in [3.63, 3.8) is 0 Å².